The molecule has 0 aliphatic rings. The zero-order valence-corrected chi connectivity index (χ0v) is 18.6. The normalized spacial score (nSPS) is 11.3. The molecule has 32 heavy (non-hydrogen) atoms. The summed E-state index contributed by atoms with van der Waals surface area (Å²) in [6.07, 6.45) is 3.76. The predicted molar refractivity (Wildman–Crippen MR) is 126 cm³/mol. The molecule has 7 nitrogen and oxygen atoms in total. The molecule has 8 heteroatoms. The van der Waals surface area contributed by atoms with Gasteiger partial charge in [-0.25, -0.2) is 4.52 Å². The lowest BCUT2D eigenvalue weighted by molar-refractivity contribution is -0.118. The molecule has 1 amide bonds. The smallest absolute Gasteiger partial charge is 0.230 e. The van der Waals surface area contributed by atoms with E-state index >= 15 is 0 Å². The summed E-state index contributed by atoms with van der Waals surface area (Å²) < 4.78 is 3.70. The van der Waals surface area contributed by atoms with Crippen molar-refractivity contribution in [1.82, 2.24) is 29.5 Å². The van der Waals surface area contributed by atoms with Crippen LogP contribution < -0.4 is 5.32 Å². The molecule has 0 unspecified atom stereocenters. The number of nitrogens with one attached hydrogen (secondary N) is 1. The standard InChI is InChI=1S/C24H22N6OS/c1-16-3-7-18(8-4-16)14-25-22(31)15-32-24-27-26-23-21-13-20(19-9-5-17(2)6-10-19)28-30(21)12-11-29(23)24/h3-13H,14-15H2,1-2H3,(H,25,31). The molecule has 160 valence electrons. The Kier molecular flexibility index (Phi) is 5.36. The third-order valence-corrected chi connectivity index (χ3v) is 6.22. The molecule has 1 N–H and O–H groups in total. The van der Waals surface area contributed by atoms with E-state index in [1.807, 2.05) is 58.6 Å². The van der Waals surface area contributed by atoms with Gasteiger partial charge in [-0.05, 0) is 25.5 Å². The number of thioether (sulfide) groups is 1. The number of benzene rings is 2. The largest absolute Gasteiger partial charge is 0.351 e. The Balaban J connectivity index is 1.30. The van der Waals surface area contributed by atoms with Crippen molar-refractivity contribution < 1.29 is 4.79 Å². The first-order valence-electron chi connectivity index (χ1n) is 10.3. The number of carbonyl (C=O) groups is 1. The van der Waals surface area contributed by atoms with Gasteiger partial charge in [0.15, 0.2) is 10.8 Å². The zero-order chi connectivity index (χ0) is 22.1. The van der Waals surface area contributed by atoms with E-state index in [0.717, 1.165) is 22.3 Å². The van der Waals surface area contributed by atoms with Crippen molar-refractivity contribution in [3.05, 3.63) is 83.7 Å². The number of rotatable bonds is 6. The van der Waals surface area contributed by atoms with Crippen LogP contribution in [0.4, 0.5) is 0 Å². The predicted octanol–water partition coefficient (Wildman–Crippen LogP) is 4.07. The number of carbonyl (C=O) groups excluding carboxylic acids is 1. The van der Waals surface area contributed by atoms with E-state index in [-0.39, 0.29) is 11.7 Å². The SMILES string of the molecule is Cc1ccc(CNC(=O)CSc2nnc3c4cc(-c5ccc(C)cc5)nn4ccn23)cc1. The van der Waals surface area contributed by atoms with E-state index in [2.05, 4.69) is 51.8 Å². The van der Waals surface area contributed by atoms with Crippen LogP contribution in [-0.2, 0) is 11.3 Å². The maximum Gasteiger partial charge on any atom is 0.230 e. The summed E-state index contributed by atoms with van der Waals surface area (Å²) in [7, 11) is 0. The van der Waals surface area contributed by atoms with Gasteiger partial charge in [0.25, 0.3) is 0 Å². The van der Waals surface area contributed by atoms with Gasteiger partial charge < -0.3 is 5.32 Å². The minimum atomic E-state index is -0.0422. The number of nitrogens with zero attached hydrogens (tertiary/aromatic N) is 5. The fourth-order valence-electron chi connectivity index (χ4n) is 3.44. The lowest BCUT2D eigenvalue weighted by Crippen LogP contribution is -2.24. The number of hydrogen-bond donors (Lipinski definition) is 1. The van der Waals surface area contributed by atoms with Gasteiger partial charge in [0, 0.05) is 24.5 Å². The van der Waals surface area contributed by atoms with Crippen LogP contribution in [0, 0.1) is 13.8 Å². The van der Waals surface area contributed by atoms with Gasteiger partial charge in [-0.2, -0.15) is 5.10 Å². The Hall–Kier alpha value is -3.65. The Labute approximate surface area is 189 Å². The topological polar surface area (TPSA) is 76.6 Å². The Bertz CT molecular complexity index is 1400. The third-order valence-electron chi connectivity index (χ3n) is 5.28. The van der Waals surface area contributed by atoms with Gasteiger partial charge in [0.2, 0.25) is 5.91 Å². The molecule has 0 spiro atoms. The van der Waals surface area contributed by atoms with Gasteiger partial charge in [-0.15, -0.1) is 10.2 Å². The number of hydrogen-bond acceptors (Lipinski definition) is 5. The summed E-state index contributed by atoms with van der Waals surface area (Å²) in [4.78, 5) is 12.3. The lowest BCUT2D eigenvalue weighted by Gasteiger charge is -2.05. The van der Waals surface area contributed by atoms with Crippen molar-refractivity contribution in [1.29, 1.82) is 0 Å². The minimum absolute atomic E-state index is 0.0422. The van der Waals surface area contributed by atoms with Gasteiger partial charge in [0.05, 0.1) is 11.4 Å². The Morgan fingerprint density at radius 1 is 0.969 bits per heavy atom. The molecule has 5 rings (SSSR count). The fourth-order valence-corrected chi connectivity index (χ4v) is 4.19. The summed E-state index contributed by atoms with van der Waals surface area (Å²) in [5, 5.41) is 16.9. The van der Waals surface area contributed by atoms with E-state index in [1.165, 1.54) is 22.9 Å². The van der Waals surface area contributed by atoms with E-state index < -0.39 is 0 Å². The van der Waals surface area contributed by atoms with Crippen molar-refractivity contribution in [3.8, 4) is 11.3 Å². The van der Waals surface area contributed by atoms with Gasteiger partial charge in [-0.1, -0.05) is 71.4 Å². The number of aromatic nitrogens is 5. The van der Waals surface area contributed by atoms with E-state index in [1.54, 1.807) is 0 Å². The first-order chi connectivity index (χ1) is 15.6. The van der Waals surface area contributed by atoms with Crippen LogP contribution in [0.2, 0.25) is 0 Å². The molecular weight excluding hydrogens is 420 g/mol. The van der Waals surface area contributed by atoms with Crippen LogP contribution in [-0.4, -0.2) is 35.9 Å². The summed E-state index contributed by atoms with van der Waals surface area (Å²) in [5.41, 5.74) is 7.00. The van der Waals surface area contributed by atoms with Crippen LogP contribution in [0.25, 0.3) is 22.4 Å². The molecule has 0 aliphatic carbocycles. The average molecular weight is 443 g/mol. The van der Waals surface area contributed by atoms with Crippen LogP contribution in [0.3, 0.4) is 0 Å². The van der Waals surface area contributed by atoms with Crippen LogP contribution in [0.1, 0.15) is 16.7 Å². The zero-order valence-electron chi connectivity index (χ0n) is 17.8. The van der Waals surface area contributed by atoms with Crippen LogP contribution in [0.5, 0.6) is 0 Å². The maximum atomic E-state index is 12.3. The molecule has 0 saturated heterocycles. The number of aryl methyl sites for hydroxylation is 2. The average Bonchev–Trinajstić information content (AvgIpc) is 3.41. The van der Waals surface area contributed by atoms with E-state index in [0.29, 0.717) is 17.3 Å². The van der Waals surface area contributed by atoms with Crippen molar-refractivity contribution in [2.75, 3.05) is 5.75 Å². The van der Waals surface area contributed by atoms with E-state index in [4.69, 9.17) is 0 Å². The molecule has 3 heterocycles. The molecule has 0 bridgehead atoms. The molecular formula is C24H22N6OS. The number of amides is 1. The first-order valence-corrected chi connectivity index (χ1v) is 11.3. The first kappa shape index (κ1) is 20.3. The highest BCUT2D eigenvalue weighted by Gasteiger charge is 2.14. The third kappa shape index (κ3) is 4.09. The highest BCUT2D eigenvalue weighted by atomic mass is 32.2. The quantitative estimate of drug-likeness (QED) is 0.401. The van der Waals surface area contributed by atoms with Gasteiger partial charge >= 0.3 is 0 Å². The second-order valence-electron chi connectivity index (χ2n) is 7.75. The van der Waals surface area contributed by atoms with E-state index in [9.17, 15) is 4.79 Å². The van der Waals surface area contributed by atoms with Crippen molar-refractivity contribution in [3.63, 3.8) is 0 Å². The fraction of sp³-hybridized carbons (Fsp3) is 0.167. The maximum absolute atomic E-state index is 12.3. The van der Waals surface area contributed by atoms with Crippen LogP contribution >= 0.6 is 11.8 Å². The summed E-state index contributed by atoms with van der Waals surface area (Å²) in [6, 6.07) is 18.4. The lowest BCUT2D eigenvalue weighted by atomic mass is 10.1. The van der Waals surface area contributed by atoms with Crippen LogP contribution in [0.15, 0.2) is 72.1 Å². The molecule has 2 aromatic carbocycles. The molecule has 0 aliphatic heterocycles. The summed E-state index contributed by atoms with van der Waals surface area (Å²) in [6.45, 7) is 4.62. The van der Waals surface area contributed by atoms with Crippen molar-refractivity contribution >= 4 is 28.8 Å². The molecule has 3 aromatic heterocycles. The second-order valence-corrected chi connectivity index (χ2v) is 8.69. The molecule has 0 atom stereocenters. The van der Waals surface area contributed by atoms with Gasteiger partial charge in [-0.3, -0.25) is 9.20 Å². The second kappa shape index (κ2) is 8.47. The highest BCUT2D eigenvalue weighted by Crippen LogP contribution is 2.24. The molecule has 5 aromatic rings. The molecule has 0 fully saturated rings. The minimum Gasteiger partial charge on any atom is -0.351 e. The highest BCUT2D eigenvalue weighted by molar-refractivity contribution is 7.99. The van der Waals surface area contributed by atoms with Crippen molar-refractivity contribution in [2.45, 2.75) is 25.5 Å². The number of fused-ring (bicyclic) bond motifs is 3. The molecule has 0 radical (unpaired) electrons. The monoisotopic (exact) mass is 442 g/mol. The van der Waals surface area contributed by atoms with Gasteiger partial charge in [0.1, 0.15) is 5.52 Å². The molecule has 0 saturated carbocycles. The summed E-state index contributed by atoms with van der Waals surface area (Å²) in [5.74, 6) is 0.227. The van der Waals surface area contributed by atoms with Crippen molar-refractivity contribution in [2.24, 2.45) is 0 Å². The Morgan fingerprint density at radius 3 is 2.44 bits per heavy atom. The Morgan fingerprint density at radius 2 is 1.69 bits per heavy atom. The summed E-state index contributed by atoms with van der Waals surface area (Å²) >= 11 is 1.36.